The van der Waals surface area contributed by atoms with Crippen molar-refractivity contribution in [2.24, 2.45) is 0 Å². The first-order valence-corrected chi connectivity index (χ1v) is 9.68. The van der Waals surface area contributed by atoms with Crippen LogP contribution in [0, 0.1) is 0 Å². The number of nitrogens with zero attached hydrogens (tertiary/aromatic N) is 1. The smallest absolute Gasteiger partial charge is 0.331 e. The molecule has 2 rings (SSSR count). The number of hydrogen-bond donors (Lipinski definition) is 2. The molecule has 0 spiro atoms. The van der Waals surface area contributed by atoms with Gasteiger partial charge in [0.05, 0.1) is 35.5 Å². The molecule has 1 aromatic rings. The first-order valence-electron chi connectivity index (χ1n) is 8.03. The van der Waals surface area contributed by atoms with Gasteiger partial charge >= 0.3 is 5.97 Å². The number of sulfone groups is 1. The Morgan fingerprint density at radius 3 is 2.72 bits per heavy atom. The number of fused-ring (bicyclic) bond motifs is 1. The summed E-state index contributed by atoms with van der Waals surface area (Å²) in [5.41, 5.74) is 0.474. The lowest BCUT2D eigenvalue weighted by Gasteiger charge is -2.30. The van der Waals surface area contributed by atoms with Crippen molar-refractivity contribution in [3.63, 3.8) is 0 Å². The van der Waals surface area contributed by atoms with Gasteiger partial charge in [-0.3, -0.25) is 4.79 Å². The summed E-state index contributed by atoms with van der Waals surface area (Å²) < 4.78 is 29.1. The van der Waals surface area contributed by atoms with Crippen LogP contribution in [0.15, 0.2) is 23.1 Å². The summed E-state index contributed by atoms with van der Waals surface area (Å²) in [4.78, 5) is 25.5. The van der Waals surface area contributed by atoms with Gasteiger partial charge in [0.1, 0.15) is 6.54 Å². The van der Waals surface area contributed by atoms with Crippen molar-refractivity contribution >= 4 is 27.4 Å². The molecule has 1 amide bonds. The van der Waals surface area contributed by atoms with Crippen LogP contribution in [-0.2, 0) is 19.4 Å². The number of benzene rings is 1. The third-order valence-corrected chi connectivity index (χ3v) is 5.70. The average molecular weight is 370 g/mol. The molecule has 1 aliphatic heterocycles. The molecule has 9 heteroatoms. The van der Waals surface area contributed by atoms with Crippen molar-refractivity contribution in [2.75, 3.05) is 30.3 Å². The van der Waals surface area contributed by atoms with Crippen LogP contribution in [0.4, 0.5) is 5.69 Å². The van der Waals surface area contributed by atoms with Crippen LogP contribution in [0.25, 0.3) is 0 Å². The Morgan fingerprint density at radius 1 is 1.40 bits per heavy atom. The number of carbonyl (C=O) groups excluding carboxylic acids is 2. The molecule has 25 heavy (non-hydrogen) atoms. The topological polar surface area (TPSA) is 113 Å². The summed E-state index contributed by atoms with van der Waals surface area (Å²) in [6.45, 7) is 2.99. The molecule has 1 aliphatic rings. The van der Waals surface area contributed by atoms with Gasteiger partial charge in [0.25, 0.3) is 0 Å². The quantitative estimate of drug-likeness (QED) is 0.517. The SMILES string of the molecule is CCC(CO)NC(=O)CN1CC(=O)Oc2cc(S(=O)(=O)CC)ccc21. The fourth-order valence-corrected chi connectivity index (χ4v) is 3.35. The van der Waals surface area contributed by atoms with E-state index >= 15 is 0 Å². The zero-order valence-corrected chi connectivity index (χ0v) is 15.0. The second kappa shape index (κ2) is 7.83. The number of ether oxygens (including phenoxy) is 1. The van der Waals surface area contributed by atoms with Crippen LogP contribution in [0.3, 0.4) is 0 Å². The van der Waals surface area contributed by atoms with E-state index < -0.39 is 15.8 Å². The van der Waals surface area contributed by atoms with Gasteiger partial charge in [0.2, 0.25) is 5.91 Å². The number of nitrogens with one attached hydrogen (secondary N) is 1. The zero-order chi connectivity index (χ0) is 18.6. The van der Waals surface area contributed by atoms with E-state index in [4.69, 9.17) is 9.84 Å². The van der Waals surface area contributed by atoms with Crippen LogP contribution in [0.5, 0.6) is 5.75 Å². The standard InChI is InChI=1S/C16H22N2O6S/c1-3-11(10-19)17-15(20)8-18-9-16(21)24-14-7-12(5-6-13(14)18)25(22,23)4-2/h5-7,11,19H,3-4,8-10H2,1-2H3,(H,17,20). The first kappa shape index (κ1) is 19.2. The van der Waals surface area contributed by atoms with Gasteiger partial charge in [-0.1, -0.05) is 13.8 Å². The van der Waals surface area contributed by atoms with Crippen LogP contribution >= 0.6 is 0 Å². The van der Waals surface area contributed by atoms with Gasteiger partial charge < -0.3 is 20.1 Å². The summed E-state index contributed by atoms with van der Waals surface area (Å²) >= 11 is 0. The van der Waals surface area contributed by atoms with Crippen LogP contribution in [0.2, 0.25) is 0 Å². The van der Waals surface area contributed by atoms with Crippen LogP contribution in [0.1, 0.15) is 20.3 Å². The maximum absolute atomic E-state index is 12.1. The highest BCUT2D eigenvalue weighted by Crippen LogP contribution is 2.34. The minimum Gasteiger partial charge on any atom is -0.423 e. The lowest BCUT2D eigenvalue weighted by Crippen LogP contribution is -2.46. The van der Waals surface area contributed by atoms with E-state index in [9.17, 15) is 18.0 Å². The summed E-state index contributed by atoms with van der Waals surface area (Å²) in [7, 11) is -3.43. The lowest BCUT2D eigenvalue weighted by molar-refractivity contribution is -0.133. The molecule has 1 aromatic carbocycles. The molecule has 0 saturated heterocycles. The Morgan fingerprint density at radius 2 is 2.12 bits per heavy atom. The van der Waals surface area contributed by atoms with E-state index in [0.717, 1.165) is 0 Å². The molecule has 1 unspecified atom stereocenters. The van der Waals surface area contributed by atoms with Gasteiger partial charge in [0.15, 0.2) is 15.6 Å². The first-order chi connectivity index (χ1) is 11.8. The predicted octanol–water partition coefficient (Wildman–Crippen LogP) is 0.0927. The third-order valence-electron chi connectivity index (χ3n) is 3.97. The van der Waals surface area contributed by atoms with E-state index in [1.54, 1.807) is 0 Å². The Hall–Kier alpha value is -2.13. The molecule has 0 radical (unpaired) electrons. The normalized spacial score (nSPS) is 15.3. The minimum atomic E-state index is -3.43. The number of amides is 1. The van der Waals surface area contributed by atoms with Gasteiger partial charge in [-0.2, -0.15) is 0 Å². The van der Waals surface area contributed by atoms with Gasteiger partial charge in [-0.25, -0.2) is 13.2 Å². The average Bonchev–Trinajstić information content (AvgIpc) is 2.58. The Balaban J connectivity index is 2.24. The van der Waals surface area contributed by atoms with Crippen molar-refractivity contribution in [1.82, 2.24) is 5.32 Å². The van der Waals surface area contributed by atoms with E-state index in [2.05, 4.69) is 5.32 Å². The van der Waals surface area contributed by atoms with Gasteiger partial charge in [-0.05, 0) is 18.6 Å². The summed E-state index contributed by atoms with van der Waals surface area (Å²) in [5.74, 6) is -0.856. The second-order valence-electron chi connectivity index (χ2n) is 5.72. The van der Waals surface area contributed by atoms with E-state index in [-0.39, 0.29) is 48.0 Å². The van der Waals surface area contributed by atoms with Crippen molar-refractivity contribution in [1.29, 1.82) is 0 Å². The number of hydrogen-bond acceptors (Lipinski definition) is 7. The van der Waals surface area contributed by atoms with E-state index in [1.165, 1.54) is 30.0 Å². The summed E-state index contributed by atoms with van der Waals surface area (Å²) in [5, 5.41) is 11.8. The Bertz CT molecular complexity index is 758. The maximum atomic E-state index is 12.1. The monoisotopic (exact) mass is 370 g/mol. The molecular formula is C16H22N2O6S. The van der Waals surface area contributed by atoms with E-state index in [0.29, 0.717) is 12.1 Å². The molecule has 1 atom stereocenters. The highest BCUT2D eigenvalue weighted by molar-refractivity contribution is 7.91. The molecule has 8 nitrogen and oxygen atoms in total. The molecule has 0 fully saturated rings. The molecule has 0 aromatic heterocycles. The van der Waals surface area contributed by atoms with Crippen LogP contribution in [-0.4, -0.2) is 56.9 Å². The number of aliphatic hydroxyl groups excluding tert-OH is 1. The van der Waals surface area contributed by atoms with Crippen molar-refractivity contribution < 1.29 is 27.9 Å². The molecule has 2 N–H and O–H groups in total. The zero-order valence-electron chi connectivity index (χ0n) is 14.2. The molecule has 0 saturated carbocycles. The molecule has 138 valence electrons. The molecule has 1 heterocycles. The number of esters is 1. The molecule has 0 bridgehead atoms. The predicted molar refractivity (Wildman–Crippen MR) is 91.3 cm³/mol. The lowest BCUT2D eigenvalue weighted by atomic mass is 10.2. The largest absolute Gasteiger partial charge is 0.423 e. The number of aliphatic hydroxyl groups is 1. The highest BCUT2D eigenvalue weighted by Gasteiger charge is 2.27. The molecule has 0 aliphatic carbocycles. The van der Waals surface area contributed by atoms with Crippen LogP contribution < -0.4 is 15.0 Å². The van der Waals surface area contributed by atoms with E-state index in [1.807, 2.05) is 6.92 Å². The summed E-state index contributed by atoms with van der Waals surface area (Å²) in [6.07, 6.45) is 0.582. The minimum absolute atomic E-state index is 0.0641. The Kier molecular flexibility index (Phi) is 6.02. The van der Waals surface area contributed by atoms with Gasteiger partial charge in [0, 0.05) is 6.07 Å². The number of rotatable bonds is 7. The molecular weight excluding hydrogens is 348 g/mol. The second-order valence-corrected chi connectivity index (χ2v) is 8.00. The van der Waals surface area contributed by atoms with Gasteiger partial charge in [-0.15, -0.1) is 0 Å². The van der Waals surface area contributed by atoms with Crippen molar-refractivity contribution in [3.05, 3.63) is 18.2 Å². The maximum Gasteiger partial charge on any atom is 0.331 e. The van der Waals surface area contributed by atoms with Crippen molar-refractivity contribution in [2.45, 2.75) is 31.2 Å². The number of carbonyl (C=O) groups is 2. The highest BCUT2D eigenvalue weighted by atomic mass is 32.2. The number of anilines is 1. The third kappa shape index (κ3) is 4.49. The summed E-state index contributed by atoms with van der Waals surface area (Å²) in [6, 6.07) is 3.92. The van der Waals surface area contributed by atoms with Crippen molar-refractivity contribution in [3.8, 4) is 5.75 Å². The Labute approximate surface area is 146 Å². The fraction of sp³-hybridized carbons (Fsp3) is 0.500. The fourth-order valence-electron chi connectivity index (χ4n) is 2.46.